The van der Waals surface area contributed by atoms with Gasteiger partial charge in [0.05, 0.1) is 5.39 Å². The average Bonchev–Trinajstić information content (AvgIpc) is 2.45. The lowest BCUT2D eigenvalue weighted by Crippen LogP contribution is -1.95. The molecule has 0 saturated carbocycles. The minimum atomic E-state index is -0.440. The highest BCUT2D eigenvalue weighted by Gasteiger charge is 2.14. The SMILES string of the molecule is Cc1cc(-c2nc(Cl)c3c(Br)ccc(F)c3n2)ccc1Cl. The Balaban J connectivity index is 2.30. The molecule has 0 saturated heterocycles. The molecule has 0 atom stereocenters. The van der Waals surface area contributed by atoms with Gasteiger partial charge in [0, 0.05) is 15.1 Å². The third-order valence-electron chi connectivity index (χ3n) is 3.12. The van der Waals surface area contributed by atoms with Crippen LogP contribution in [0.15, 0.2) is 34.8 Å². The number of hydrogen-bond donors (Lipinski definition) is 0. The van der Waals surface area contributed by atoms with Gasteiger partial charge in [-0.25, -0.2) is 14.4 Å². The van der Waals surface area contributed by atoms with E-state index in [9.17, 15) is 4.39 Å². The van der Waals surface area contributed by atoms with Gasteiger partial charge in [0.1, 0.15) is 16.5 Å². The summed E-state index contributed by atoms with van der Waals surface area (Å²) in [4.78, 5) is 8.55. The van der Waals surface area contributed by atoms with Crippen LogP contribution in [-0.2, 0) is 0 Å². The van der Waals surface area contributed by atoms with E-state index >= 15 is 0 Å². The molecule has 3 aromatic rings. The molecule has 21 heavy (non-hydrogen) atoms. The molecule has 106 valence electrons. The fraction of sp³-hybridized carbons (Fsp3) is 0.0667. The lowest BCUT2D eigenvalue weighted by atomic mass is 10.1. The number of nitrogens with zero attached hydrogens (tertiary/aromatic N) is 2. The van der Waals surface area contributed by atoms with Crippen LogP contribution in [0.2, 0.25) is 10.2 Å². The van der Waals surface area contributed by atoms with Crippen molar-refractivity contribution in [1.29, 1.82) is 0 Å². The first-order valence-corrected chi connectivity index (χ1v) is 7.60. The van der Waals surface area contributed by atoms with Crippen molar-refractivity contribution in [2.45, 2.75) is 6.92 Å². The van der Waals surface area contributed by atoms with E-state index in [2.05, 4.69) is 25.9 Å². The van der Waals surface area contributed by atoms with Gasteiger partial charge >= 0.3 is 0 Å². The number of rotatable bonds is 1. The molecule has 0 fully saturated rings. The molecule has 2 aromatic carbocycles. The van der Waals surface area contributed by atoms with E-state index < -0.39 is 5.82 Å². The second-order valence-electron chi connectivity index (χ2n) is 4.55. The standard InChI is InChI=1S/C15H8BrCl2FN2/c1-7-6-8(2-4-10(7)17)15-20-13-11(19)5-3-9(16)12(13)14(18)21-15/h2-6H,1H3. The van der Waals surface area contributed by atoms with Crippen molar-refractivity contribution in [3.05, 3.63) is 56.4 Å². The smallest absolute Gasteiger partial charge is 0.161 e. The molecular weight excluding hydrogens is 378 g/mol. The number of hydrogen-bond acceptors (Lipinski definition) is 2. The van der Waals surface area contributed by atoms with E-state index in [1.807, 2.05) is 13.0 Å². The molecule has 0 bridgehead atoms. The van der Waals surface area contributed by atoms with Crippen LogP contribution in [0.3, 0.4) is 0 Å². The molecular formula is C15H8BrCl2FN2. The number of aromatic nitrogens is 2. The van der Waals surface area contributed by atoms with Crippen molar-refractivity contribution in [1.82, 2.24) is 9.97 Å². The third-order valence-corrected chi connectivity index (χ3v) is 4.48. The predicted molar refractivity (Wildman–Crippen MR) is 87.4 cm³/mol. The topological polar surface area (TPSA) is 25.8 Å². The van der Waals surface area contributed by atoms with Crippen molar-refractivity contribution in [3.8, 4) is 11.4 Å². The fourth-order valence-electron chi connectivity index (χ4n) is 2.04. The summed E-state index contributed by atoms with van der Waals surface area (Å²) in [5, 5.41) is 1.32. The third kappa shape index (κ3) is 2.63. The summed E-state index contributed by atoms with van der Waals surface area (Å²) in [7, 11) is 0. The highest BCUT2D eigenvalue weighted by atomic mass is 79.9. The van der Waals surface area contributed by atoms with Crippen LogP contribution in [0.4, 0.5) is 4.39 Å². The van der Waals surface area contributed by atoms with E-state index in [1.54, 1.807) is 18.2 Å². The van der Waals surface area contributed by atoms with Gasteiger partial charge in [0.2, 0.25) is 0 Å². The summed E-state index contributed by atoms with van der Waals surface area (Å²) in [5.74, 6) is -0.0753. The Labute approximate surface area is 139 Å². The van der Waals surface area contributed by atoms with Gasteiger partial charge in [0.15, 0.2) is 5.82 Å². The van der Waals surface area contributed by atoms with E-state index in [1.165, 1.54) is 6.07 Å². The van der Waals surface area contributed by atoms with Crippen LogP contribution in [0.25, 0.3) is 22.3 Å². The number of fused-ring (bicyclic) bond motifs is 1. The van der Waals surface area contributed by atoms with Gasteiger partial charge in [-0.05, 0) is 58.7 Å². The molecule has 0 amide bonds. The van der Waals surface area contributed by atoms with Crippen LogP contribution >= 0.6 is 39.1 Å². The zero-order valence-electron chi connectivity index (χ0n) is 10.8. The Morgan fingerprint density at radius 1 is 1.10 bits per heavy atom. The molecule has 0 radical (unpaired) electrons. The summed E-state index contributed by atoms with van der Waals surface area (Å²) in [6.07, 6.45) is 0. The number of benzene rings is 2. The Kier molecular flexibility index (Phi) is 3.86. The van der Waals surface area contributed by atoms with E-state index in [0.717, 1.165) is 11.1 Å². The summed E-state index contributed by atoms with van der Waals surface area (Å²) in [6.45, 7) is 1.88. The zero-order valence-corrected chi connectivity index (χ0v) is 13.9. The molecule has 3 rings (SSSR count). The normalized spacial score (nSPS) is 11.1. The molecule has 6 heteroatoms. The monoisotopic (exact) mass is 384 g/mol. The molecule has 0 aliphatic heterocycles. The van der Waals surface area contributed by atoms with Gasteiger partial charge in [0.25, 0.3) is 0 Å². The molecule has 0 aliphatic carbocycles. The maximum atomic E-state index is 14.0. The molecule has 0 spiro atoms. The minimum absolute atomic E-state index is 0.187. The highest BCUT2D eigenvalue weighted by molar-refractivity contribution is 9.10. The summed E-state index contributed by atoms with van der Waals surface area (Å²) < 4.78 is 14.6. The predicted octanol–water partition coefficient (Wildman–Crippen LogP) is 5.81. The summed E-state index contributed by atoms with van der Waals surface area (Å²) in [6, 6.07) is 8.30. The number of aryl methyl sites for hydroxylation is 1. The first-order chi connectivity index (χ1) is 9.97. The van der Waals surface area contributed by atoms with Gasteiger partial charge in [-0.15, -0.1) is 0 Å². The second-order valence-corrected chi connectivity index (χ2v) is 6.17. The molecule has 2 nitrogen and oxygen atoms in total. The zero-order chi connectivity index (χ0) is 15.1. The largest absolute Gasteiger partial charge is 0.225 e. The molecule has 1 heterocycles. The molecule has 1 aromatic heterocycles. The Hall–Kier alpha value is -1.23. The molecule has 0 N–H and O–H groups in total. The second kappa shape index (κ2) is 5.52. The van der Waals surface area contributed by atoms with E-state index in [0.29, 0.717) is 20.7 Å². The van der Waals surface area contributed by atoms with Gasteiger partial charge in [-0.2, -0.15) is 0 Å². The minimum Gasteiger partial charge on any atom is -0.225 e. The molecule has 0 unspecified atom stereocenters. The molecule has 0 aliphatic rings. The van der Waals surface area contributed by atoms with Crippen LogP contribution in [0.5, 0.6) is 0 Å². The van der Waals surface area contributed by atoms with Crippen molar-refractivity contribution >= 4 is 50.0 Å². The van der Waals surface area contributed by atoms with Crippen molar-refractivity contribution in [3.63, 3.8) is 0 Å². The summed E-state index contributed by atoms with van der Waals surface area (Å²) in [5.41, 5.74) is 1.82. The van der Waals surface area contributed by atoms with E-state index in [-0.39, 0.29) is 10.7 Å². The lowest BCUT2D eigenvalue weighted by Gasteiger charge is -2.08. The maximum absolute atomic E-state index is 14.0. The first kappa shape index (κ1) is 14.7. The lowest BCUT2D eigenvalue weighted by molar-refractivity contribution is 0.636. The van der Waals surface area contributed by atoms with Crippen LogP contribution in [-0.4, -0.2) is 9.97 Å². The van der Waals surface area contributed by atoms with Crippen molar-refractivity contribution < 1.29 is 4.39 Å². The quantitative estimate of drug-likeness (QED) is 0.493. The van der Waals surface area contributed by atoms with Crippen LogP contribution in [0, 0.1) is 12.7 Å². The Morgan fingerprint density at radius 2 is 1.86 bits per heavy atom. The van der Waals surface area contributed by atoms with E-state index in [4.69, 9.17) is 23.2 Å². The Bertz CT molecular complexity index is 868. The van der Waals surface area contributed by atoms with Gasteiger partial charge in [-0.1, -0.05) is 23.2 Å². The van der Waals surface area contributed by atoms with Crippen molar-refractivity contribution in [2.24, 2.45) is 0 Å². The summed E-state index contributed by atoms with van der Waals surface area (Å²) >= 11 is 15.5. The maximum Gasteiger partial charge on any atom is 0.161 e. The van der Waals surface area contributed by atoms with Crippen LogP contribution in [0.1, 0.15) is 5.56 Å². The van der Waals surface area contributed by atoms with Gasteiger partial charge < -0.3 is 0 Å². The number of halogens is 4. The first-order valence-electron chi connectivity index (χ1n) is 6.05. The van der Waals surface area contributed by atoms with Crippen LogP contribution < -0.4 is 0 Å². The fourth-order valence-corrected chi connectivity index (χ4v) is 3.05. The Morgan fingerprint density at radius 3 is 2.57 bits per heavy atom. The highest BCUT2D eigenvalue weighted by Crippen LogP contribution is 2.32. The van der Waals surface area contributed by atoms with Gasteiger partial charge in [-0.3, -0.25) is 0 Å². The van der Waals surface area contributed by atoms with Crippen molar-refractivity contribution in [2.75, 3.05) is 0 Å². The average molecular weight is 386 g/mol.